The molecule has 12 aromatic rings. The number of aromatic nitrogens is 3. The van der Waals surface area contributed by atoms with Crippen molar-refractivity contribution >= 4 is 31.5 Å². The second-order valence-corrected chi connectivity index (χ2v) is 18.8. The van der Waals surface area contributed by atoms with E-state index in [9.17, 15) is 0 Å². The van der Waals surface area contributed by atoms with Gasteiger partial charge in [0.05, 0.1) is 5.41 Å². The number of fused-ring (bicyclic) bond motifs is 13. The summed E-state index contributed by atoms with van der Waals surface area (Å²) in [6, 6.07) is 85.5. The molecular formula is C64H39N3S. The van der Waals surface area contributed by atoms with E-state index in [0.717, 1.165) is 38.9 Å². The van der Waals surface area contributed by atoms with Gasteiger partial charge in [-0.3, -0.25) is 0 Å². The van der Waals surface area contributed by atoms with E-state index >= 15 is 0 Å². The second kappa shape index (κ2) is 15.2. The number of nitrogens with zero attached hydrogens (tertiary/aromatic N) is 3. The van der Waals surface area contributed by atoms with Crippen molar-refractivity contribution in [3.63, 3.8) is 0 Å². The van der Waals surface area contributed by atoms with Crippen LogP contribution in [0.25, 0.3) is 110 Å². The van der Waals surface area contributed by atoms with Crippen LogP contribution in [0, 0.1) is 0 Å². The molecule has 2 aromatic heterocycles. The van der Waals surface area contributed by atoms with Gasteiger partial charge in [-0.2, -0.15) is 0 Å². The summed E-state index contributed by atoms with van der Waals surface area (Å²) in [5.41, 5.74) is 19.3. The topological polar surface area (TPSA) is 38.7 Å². The van der Waals surface area contributed by atoms with E-state index < -0.39 is 5.41 Å². The lowest BCUT2D eigenvalue weighted by Gasteiger charge is -2.31. The zero-order valence-electron chi connectivity index (χ0n) is 36.8. The van der Waals surface area contributed by atoms with E-state index in [-0.39, 0.29) is 0 Å². The first-order valence-corrected chi connectivity index (χ1v) is 24.0. The molecule has 14 rings (SSSR count). The highest BCUT2D eigenvalue weighted by molar-refractivity contribution is 7.26. The van der Waals surface area contributed by atoms with Crippen LogP contribution in [-0.2, 0) is 5.41 Å². The van der Waals surface area contributed by atoms with Gasteiger partial charge >= 0.3 is 0 Å². The van der Waals surface area contributed by atoms with Crippen molar-refractivity contribution in [2.24, 2.45) is 0 Å². The molecule has 316 valence electrons. The zero-order valence-corrected chi connectivity index (χ0v) is 37.6. The molecule has 0 N–H and O–H groups in total. The molecule has 2 aliphatic carbocycles. The van der Waals surface area contributed by atoms with Gasteiger partial charge in [-0.05, 0) is 84.0 Å². The number of thiophene rings is 1. The van der Waals surface area contributed by atoms with Gasteiger partial charge in [0.1, 0.15) is 0 Å². The highest BCUT2D eigenvalue weighted by Crippen LogP contribution is 2.64. The van der Waals surface area contributed by atoms with Gasteiger partial charge in [0.25, 0.3) is 0 Å². The molecule has 0 unspecified atom stereocenters. The Bertz CT molecular complexity index is 3900. The molecular weight excluding hydrogens is 843 g/mol. The van der Waals surface area contributed by atoms with Crippen molar-refractivity contribution < 1.29 is 0 Å². The van der Waals surface area contributed by atoms with E-state index in [1.54, 1.807) is 0 Å². The van der Waals surface area contributed by atoms with Crippen LogP contribution in [0.5, 0.6) is 0 Å². The lowest BCUT2D eigenvalue weighted by atomic mass is 9.69. The third-order valence-corrected chi connectivity index (χ3v) is 15.4. The first-order valence-electron chi connectivity index (χ1n) is 23.2. The summed E-state index contributed by atoms with van der Waals surface area (Å²) in [6.45, 7) is 0. The fourth-order valence-corrected chi connectivity index (χ4v) is 12.5. The van der Waals surface area contributed by atoms with Gasteiger partial charge in [-0.15, -0.1) is 11.3 Å². The molecule has 0 aliphatic heterocycles. The molecule has 3 nitrogen and oxygen atoms in total. The standard InChI is InChI=1S/C64H39N3S/c1-2-16-42(17-3-1)45-18-4-5-23-53(45)62-65-61(44-38-34-41(35-39-44)40-32-36-43(37-33-40)46-24-14-26-52-50-22-9-13-31-58(50)68-60(46)52)66-63(67-62)54-27-15-25-51-49-21-8-12-30-57(49)64(59(51)54)55-28-10-6-19-47(55)48-20-7-11-29-56(48)64/h1-39H. The van der Waals surface area contributed by atoms with Crippen LogP contribution in [0.3, 0.4) is 0 Å². The molecule has 0 amide bonds. The van der Waals surface area contributed by atoms with Gasteiger partial charge in [-0.25, -0.2) is 15.0 Å². The monoisotopic (exact) mass is 881 g/mol. The quantitative estimate of drug-likeness (QED) is 0.167. The van der Waals surface area contributed by atoms with Crippen LogP contribution in [0.1, 0.15) is 22.3 Å². The summed E-state index contributed by atoms with van der Waals surface area (Å²) < 4.78 is 2.64. The Morgan fingerprint density at radius 1 is 0.265 bits per heavy atom. The molecule has 68 heavy (non-hydrogen) atoms. The van der Waals surface area contributed by atoms with Crippen LogP contribution in [0.2, 0.25) is 0 Å². The van der Waals surface area contributed by atoms with Crippen LogP contribution in [0.15, 0.2) is 237 Å². The fraction of sp³-hybridized carbons (Fsp3) is 0.0156. The maximum Gasteiger partial charge on any atom is 0.164 e. The van der Waals surface area contributed by atoms with Crippen molar-refractivity contribution in [1.29, 1.82) is 0 Å². The third kappa shape index (κ3) is 5.74. The maximum atomic E-state index is 5.50. The highest BCUT2D eigenvalue weighted by Gasteiger charge is 2.52. The van der Waals surface area contributed by atoms with E-state index in [4.69, 9.17) is 15.0 Å². The van der Waals surface area contributed by atoms with E-state index in [0.29, 0.717) is 17.5 Å². The summed E-state index contributed by atoms with van der Waals surface area (Å²) in [4.78, 5) is 16.3. The predicted octanol–water partition coefficient (Wildman–Crippen LogP) is 16.6. The van der Waals surface area contributed by atoms with Crippen LogP contribution in [-0.4, -0.2) is 15.0 Å². The Kier molecular flexibility index (Phi) is 8.67. The van der Waals surface area contributed by atoms with E-state index in [1.165, 1.54) is 75.8 Å². The van der Waals surface area contributed by atoms with Crippen molar-refractivity contribution in [2.45, 2.75) is 5.41 Å². The molecule has 0 atom stereocenters. The first kappa shape index (κ1) is 38.7. The molecule has 0 radical (unpaired) electrons. The molecule has 2 heterocycles. The summed E-state index contributed by atoms with van der Waals surface area (Å²) >= 11 is 1.87. The fourth-order valence-electron chi connectivity index (χ4n) is 11.3. The molecule has 4 heteroatoms. The maximum absolute atomic E-state index is 5.50. The van der Waals surface area contributed by atoms with Crippen molar-refractivity contribution in [3.05, 3.63) is 259 Å². The van der Waals surface area contributed by atoms with Gasteiger partial charge in [0.2, 0.25) is 0 Å². The van der Waals surface area contributed by atoms with Crippen LogP contribution >= 0.6 is 11.3 Å². The minimum Gasteiger partial charge on any atom is -0.208 e. The lowest BCUT2D eigenvalue weighted by molar-refractivity contribution is 0.794. The van der Waals surface area contributed by atoms with Crippen molar-refractivity contribution in [2.75, 3.05) is 0 Å². The van der Waals surface area contributed by atoms with Gasteiger partial charge in [0, 0.05) is 36.9 Å². The Morgan fingerprint density at radius 2 is 0.691 bits per heavy atom. The minimum absolute atomic E-state index is 0.563. The number of hydrogen-bond acceptors (Lipinski definition) is 4. The van der Waals surface area contributed by atoms with Crippen molar-refractivity contribution in [3.8, 4) is 89.8 Å². The van der Waals surface area contributed by atoms with Crippen LogP contribution < -0.4 is 0 Å². The normalized spacial score (nSPS) is 12.8. The lowest BCUT2D eigenvalue weighted by Crippen LogP contribution is -2.26. The largest absolute Gasteiger partial charge is 0.208 e. The first-order chi connectivity index (χ1) is 33.7. The summed E-state index contributed by atoms with van der Waals surface area (Å²) in [5, 5.41) is 2.63. The van der Waals surface area contributed by atoms with Gasteiger partial charge < -0.3 is 0 Å². The molecule has 0 saturated heterocycles. The average Bonchev–Trinajstić information content (AvgIpc) is 4.06. The van der Waals surface area contributed by atoms with E-state index in [1.807, 2.05) is 11.3 Å². The molecule has 0 bridgehead atoms. The predicted molar refractivity (Wildman–Crippen MR) is 282 cm³/mol. The minimum atomic E-state index is -0.563. The Hall–Kier alpha value is -8.57. The summed E-state index contributed by atoms with van der Waals surface area (Å²) in [7, 11) is 0. The zero-order chi connectivity index (χ0) is 44.8. The molecule has 0 saturated carbocycles. The SMILES string of the molecule is c1ccc(-c2ccccc2-c2nc(-c3ccc(-c4ccc(-c5cccc6c5sc5ccccc56)cc4)cc3)nc(-c3cccc4c3C3(c5ccccc5-c5ccccc53)c3ccccc3-4)n2)cc1. The summed E-state index contributed by atoms with van der Waals surface area (Å²) in [5.74, 6) is 1.90. The Labute approximate surface area is 398 Å². The second-order valence-electron chi connectivity index (χ2n) is 17.8. The van der Waals surface area contributed by atoms with Crippen molar-refractivity contribution in [1.82, 2.24) is 15.0 Å². The summed E-state index contributed by atoms with van der Waals surface area (Å²) in [6.07, 6.45) is 0. The van der Waals surface area contributed by atoms with Gasteiger partial charge in [-0.1, -0.05) is 231 Å². The Balaban J connectivity index is 0.926. The van der Waals surface area contributed by atoms with Gasteiger partial charge in [0.15, 0.2) is 17.5 Å². The third-order valence-electron chi connectivity index (χ3n) is 14.2. The number of hydrogen-bond donors (Lipinski definition) is 0. The number of rotatable bonds is 6. The number of benzene rings is 10. The average molecular weight is 882 g/mol. The molecule has 2 aliphatic rings. The smallest absolute Gasteiger partial charge is 0.164 e. The van der Waals surface area contributed by atoms with E-state index in [2.05, 4.69) is 237 Å². The molecule has 10 aromatic carbocycles. The molecule has 0 fully saturated rings. The highest BCUT2D eigenvalue weighted by atomic mass is 32.1. The Morgan fingerprint density at radius 3 is 1.37 bits per heavy atom. The molecule has 1 spiro atoms. The van der Waals surface area contributed by atoms with Crippen LogP contribution in [0.4, 0.5) is 0 Å².